The molecule has 0 spiro atoms. The van der Waals surface area contributed by atoms with Crippen LogP contribution < -0.4 is 15.4 Å². The highest BCUT2D eigenvalue weighted by Crippen LogP contribution is 2.18. The summed E-state index contributed by atoms with van der Waals surface area (Å²) in [6.07, 6.45) is 2.23. The molecule has 0 saturated carbocycles. The Morgan fingerprint density at radius 3 is 2.96 bits per heavy atom. The predicted molar refractivity (Wildman–Crippen MR) is 92.3 cm³/mol. The molecule has 2 N–H and O–H groups in total. The Labute approximate surface area is 140 Å². The minimum atomic E-state index is 0.349. The Kier molecular flexibility index (Phi) is 6.27. The average molecular weight is 327 g/mol. The van der Waals surface area contributed by atoms with Crippen molar-refractivity contribution >= 4 is 23.1 Å². The van der Waals surface area contributed by atoms with Crippen LogP contribution in [0.3, 0.4) is 0 Å². The van der Waals surface area contributed by atoms with E-state index in [9.17, 15) is 0 Å². The second-order valence-corrected chi connectivity index (χ2v) is 4.99. The molecule has 0 aliphatic heterocycles. The molecule has 2 aromatic rings. The number of rotatable bonds is 6. The number of ether oxygens (including phenoxy) is 1. The maximum atomic E-state index is 9.00. The summed E-state index contributed by atoms with van der Waals surface area (Å²) in [7, 11) is 0. The van der Waals surface area contributed by atoms with Crippen LogP contribution in [0.25, 0.3) is 0 Å². The average Bonchev–Trinajstić information content (AvgIpc) is 2.57. The van der Waals surface area contributed by atoms with Gasteiger partial charge in [0.2, 0.25) is 0 Å². The van der Waals surface area contributed by atoms with E-state index in [2.05, 4.69) is 20.8 Å². The van der Waals surface area contributed by atoms with Gasteiger partial charge in [0.15, 0.2) is 10.9 Å². The van der Waals surface area contributed by atoms with Crippen LogP contribution in [0.2, 0.25) is 0 Å². The first-order valence-corrected chi connectivity index (χ1v) is 7.62. The van der Waals surface area contributed by atoms with Crippen LogP contribution in [0.1, 0.15) is 18.1 Å². The van der Waals surface area contributed by atoms with Crippen LogP contribution >= 0.6 is 12.2 Å². The van der Waals surface area contributed by atoms with Crippen molar-refractivity contribution in [2.24, 2.45) is 0 Å². The number of nitrogens with one attached hydrogen (secondary N) is 2. The van der Waals surface area contributed by atoms with Gasteiger partial charge in [-0.05, 0) is 43.3 Å². The molecule has 0 saturated heterocycles. The second-order valence-electron chi connectivity index (χ2n) is 4.58. The highest BCUT2D eigenvalue weighted by molar-refractivity contribution is 7.80. The van der Waals surface area contributed by atoms with E-state index < -0.39 is 0 Å². The van der Waals surface area contributed by atoms with Gasteiger partial charge >= 0.3 is 0 Å². The van der Waals surface area contributed by atoms with Crippen molar-refractivity contribution in [2.75, 3.05) is 18.5 Å². The standard InChI is InChI=1S/C16H17N5OS/c1-2-22-14-6-4-3-5-12(14)7-9-18-16(23)20-15-13(11-17)8-10-19-21-15/h3-6,8,10H,2,7,9H2,1H3,(H2,18,20,21,23). The molecule has 0 bridgehead atoms. The minimum Gasteiger partial charge on any atom is -0.494 e. The molecule has 0 atom stereocenters. The smallest absolute Gasteiger partial charge is 0.172 e. The zero-order chi connectivity index (χ0) is 16.5. The lowest BCUT2D eigenvalue weighted by Crippen LogP contribution is -2.31. The van der Waals surface area contributed by atoms with E-state index in [1.165, 1.54) is 6.20 Å². The quantitative estimate of drug-likeness (QED) is 0.788. The Morgan fingerprint density at radius 1 is 1.35 bits per heavy atom. The topological polar surface area (TPSA) is 82.9 Å². The van der Waals surface area contributed by atoms with Crippen LogP contribution in [-0.2, 0) is 6.42 Å². The van der Waals surface area contributed by atoms with Crippen molar-refractivity contribution in [1.29, 1.82) is 5.26 Å². The van der Waals surface area contributed by atoms with Gasteiger partial charge < -0.3 is 15.4 Å². The van der Waals surface area contributed by atoms with E-state index >= 15 is 0 Å². The first-order valence-electron chi connectivity index (χ1n) is 7.22. The zero-order valence-electron chi connectivity index (χ0n) is 12.7. The van der Waals surface area contributed by atoms with E-state index in [0.717, 1.165) is 17.7 Å². The summed E-state index contributed by atoms with van der Waals surface area (Å²) in [4.78, 5) is 0. The number of nitrogens with zero attached hydrogens (tertiary/aromatic N) is 3. The number of benzene rings is 1. The molecule has 23 heavy (non-hydrogen) atoms. The molecule has 0 amide bonds. The lowest BCUT2D eigenvalue weighted by atomic mass is 10.1. The third kappa shape index (κ3) is 4.90. The molecule has 1 heterocycles. The maximum Gasteiger partial charge on any atom is 0.172 e. The van der Waals surface area contributed by atoms with Gasteiger partial charge in [0.25, 0.3) is 0 Å². The van der Waals surface area contributed by atoms with Crippen molar-refractivity contribution in [3.63, 3.8) is 0 Å². The molecular formula is C16H17N5OS. The fourth-order valence-electron chi connectivity index (χ4n) is 1.98. The summed E-state index contributed by atoms with van der Waals surface area (Å²) < 4.78 is 5.59. The second kappa shape index (κ2) is 8.66. The molecule has 0 aliphatic carbocycles. The summed E-state index contributed by atoms with van der Waals surface area (Å²) >= 11 is 5.21. The number of aromatic nitrogens is 2. The first-order chi connectivity index (χ1) is 11.2. The van der Waals surface area contributed by atoms with Crippen LogP contribution in [-0.4, -0.2) is 28.5 Å². The molecule has 6 nitrogen and oxygen atoms in total. The summed E-state index contributed by atoms with van der Waals surface area (Å²) in [6, 6.07) is 11.5. The third-order valence-corrected chi connectivity index (χ3v) is 3.27. The molecule has 0 unspecified atom stereocenters. The molecule has 0 aliphatic rings. The van der Waals surface area contributed by atoms with E-state index in [-0.39, 0.29) is 0 Å². The maximum absolute atomic E-state index is 9.00. The van der Waals surface area contributed by atoms with Gasteiger partial charge in [-0.2, -0.15) is 10.4 Å². The Bertz CT molecular complexity index is 714. The van der Waals surface area contributed by atoms with Crippen molar-refractivity contribution in [3.8, 4) is 11.8 Å². The SMILES string of the molecule is CCOc1ccccc1CCNC(=S)Nc1nnccc1C#N. The largest absolute Gasteiger partial charge is 0.494 e. The van der Waals surface area contributed by atoms with Crippen LogP contribution in [0.4, 0.5) is 5.82 Å². The van der Waals surface area contributed by atoms with Crippen molar-refractivity contribution in [3.05, 3.63) is 47.7 Å². The zero-order valence-corrected chi connectivity index (χ0v) is 13.6. The third-order valence-electron chi connectivity index (χ3n) is 3.03. The summed E-state index contributed by atoms with van der Waals surface area (Å²) in [5.74, 6) is 1.23. The van der Waals surface area contributed by atoms with Gasteiger partial charge in [0, 0.05) is 6.54 Å². The highest BCUT2D eigenvalue weighted by Gasteiger charge is 2.06. The fourth-order valence-corrected chi connectivity index (χ4v) is 2.18. The van der Waals surface area contributed by atoms with Gasteiger partial charge in [-0.1, -0.05) is 18.2 Å². The van der Waals surface area contributed by atoms with Crippen molar-refractivity contribution in [1.82, 2.24) is 15.5 Å². The molecule has 118 valence electrons. The van der Waals surface area contributed by atoms with E-state index in [1.807, 2.05) is 37.3 Å². The van der Waals surface area contributed by atoms with Crippen molar-refractivity contribution in [2.45, 2.75) is 13.3 Å². The molecule has 0 radical (unpaired) electrons. The molecular weight excluding hydrogens is 310 g/mol. The Balaban J connectivity index is 1.87. The van der Waals surface area contributed by atoms with Crippen LogP contribution in [0.5, 0.6) is 5.75 Å². The predicted octanol–water partition coefficient (Wildman–Crippen LogP) is 2.28. The summed E-state index contributed by atoms with van der Waals surface area (Å²) in [6.45, 7) is 3.23. The fraction of sp³-hybridized carbons (Fsp3) is 0.250. The normalized spacial score (nSPS) is 9.74. The first kappa shape index (κ1) is 16.6. The number of anilines is 1. The number of thiocarbonyl (C=S) groups is 1. The van der Waals surface area contributed by atoms with Crippen LogP contribution in [0, 0.1) is 11.3 Å². The lowest BCUT2D eigenvalue weighted by Gasteiger charge is -2.12. The van der Waals surface area contributed by atoms with Gasteiger partial charge in [0.1, 0.15) is 11.8 Å². The number of hydrogen-bond acceptors (Lipinski definition) is 5. The Morgan fingerprint density at radius 2 is 2.17 bits per heavy atom. The molecule has 1 aromatic carbocycles. The highest BCUT2D eigenvalue weighted by atomic mass is 32.1. The number of nitriles is 1. The minimum absolute atomic E-state index is 0.349. The van der Waals surface area contributed by atoms with Gasteiger partial charge in [-0.3, -0.25) is 0 Å². The van der Waals surface area contributed by atoms with Gasteiger partial charge in [-0.25, -0.2) is 0 Å². The molecule has 0 fully saturated rings. The lowest BCUT2D eigenvalue weighted by molar-refractivity contribution is 0.336. The number of hydrogen-bond donors (Lipinski definition) is 2. The van der Waals surface area contributed by atoms with E-state index in [1.54, 1.807) is 6.07 Å². The Hall–Kier alpha value is -2.72. The molecule has 2 rings (SSSR count). The van der Waals surface area contributed by atoms with Crippen molar-refractivity contribution < 1.29 is 4.74 Å². The van der Waals surface area contributed by atoms with Gasteiger partial charge in [-0.15, -0.1) is 5.10 Å². The summed E-state index contributed by atoms with van der Waals surface area (Å²) in [5.41, 5.74) is 1.51. The van der Waals surface area contributed by atoms with Crippen LogP contribution in [0.15, 0.2) is 36.5 Å². The van der Waals surface area contributed by atoms with Gasteiger partial charge in [0.05, 0.1) is 18.4 Å². The monoisotopic (exact) mass is 327 g/mol. The van der Waals surface area contributed by atoms with E-state index in [0.29, 0.717) is 29.6 Å². The van der Waals surface area contributed by atoms with E-state index in [4.69, 9.17) is 22.2 Å². The molecule has 1 aromatic heterocycles. The number of para-hydroxylation sites is 1. The summed E-state index contributed by atoms with van der Waals surface area (Å²) in [5, 5.41) is 23.0. The molecule has 7 heteroatoms.